The van der Waals surface area contributed by atoms with Gasteiger partial charge in [-0.05, 0) is 34.7 Å². The summed E-state index contributed by atoms with van der Waals surface area (Å²) in [7, 11) is 1.93. The Morgan fingerprint density at radius 2 is 2.15 bits per heavy atom. The van der Waals surface area contributed by atoms with E-state index in [2.05, 4.69) is 17.3 Å². The van der Waals surface area contributed by atoms with Gasteiger partial charge in [0.15, 0.2) is 0 Å². The zero-order valence-corrected chi connectivity index (χ0v) is 12.9. The van der Waals surface area contributed by atoms with Gasteiger partial charge in [-0.15, -0.1) is 0 Å². The zero-order valence-electron chi connectivity index (χ0n) is 12.9. The van der Waals surface area contributed by atoms with Crippen molar-refractivity contribution in [2.75, 3.05) is 20.1 Å². The van der Waals surface area contributed by atoms with Crippen LogP contribution in [0, 0.1) is 0 Å². The number of nitrogens with zero attached hydrogens (tertiary/aromatic N) is 3. The van der Waals surface area contributed by atoms with Crippen LogP contribution < -0.4 is 5.32 Å². The molecule has 2 rings (SSSR count). The molecule has 0 aromatic carbocycles. The molecule has 1 N–H and O–H groups in total. The number of hydrogen-bond donors (Lipinski definition) is 1. The SMILES string of the molecule is CNC(C)c1cnn(C2CN(C(=O)OC(C)(C)C)C2)c1. The number of amides is 1. The van der Waals surface area contributed by atoms with E-state index in [0.29, 0.717) is 13.1 Å². The van der Waals surface area contributed by atoms with Crippen LogP contribution in [0.3, 0.4) is 0 Å². The number of nitrogens with one attached hydrogen (secondary N) is 1. The molecular weight excluding hydrogens is 256 g/mol. The first-order chi connectivity index (χ1) is 9.30. The molecule has 6 heteroatoms. The van der Waals surface area contributed by atoms with Gasteiger partial charge in [0.1, 0.15) is 5.60 Å². The fourth-order valence-corrected chi connectivity index (χ4v) is 2.04. The normalized spacial score (nSPS) is 17.8. The van der Waals surface area contributed by atoms with Crippen molar-refractivity contribution in [1.29, 1.82) is 0 Å². The van der Waals surface area contributed by atoms with Crippen molar-refractivity contribution in [2.45, 2.75) is 45.4 Å². The van der Waals surface area contributed by atoms with Gasteiger partial charge in [-0.25, -0.2) is 4.79 Å². The van der Waals surface area contributed by atoms with E-state index in [4.69, 9.17) is 4.74 Å². The summed E-state index contributed by atoms with van der Waals surface area (Å²) in [5.74, 6) is 0. The lowest BCUT2D eigenvalue weighted by Gasteiger charge is -2.39. The summed E-state index contributed by atoms with van der Waals surface area (Å²) in [6.45, 7) is 9.03. The van der Waals surface area contributed by atoms with Crippen LogP contribution in [0.4, 0.5) is 4.79 Å². The van der Waals surface area contributed by atoms with E-state index < -0.39 is 5.60 Å². The Labute approximate surface area is 120 Å². The summed E-state index contributed by atoms with van der Waals surface area (Å²) < 4.78 is 7.27. The molecule has 112 valence electrons. The Kier molecular flexibility index (Phi) is 4.04. The van der Waals surface area contributed by atoms with Gasteiger partial charge in [0.25, 0.3) is 0 Å². The third kappa shape index (κ3) is 3.30. The maximum Gasteiger partial charge on any atom is 0.410 e. The molecule has 0 saturated carbocycles. The van der Waals surface area contributed by atoms with Gasteiger partial charge in [-0.3, -0.25) is 4.68 Å². The molecule has 1 amide bonds. The Morgan fingerprint density at radius 3 is 2.70 bits per heavy atom. The molecule has 6 nitrogen and oxygen atoms in total. The number of carbonyl (C=O) groups excluding carboxylic acids is 1. The summed E-state index contributed by atoms with van der Waals surface area (Å²) >= 11 is 0. The molecule has 1 unspecified atom stereocenters. The maximum atomic E-state index is 11.8. The lowest BCUT2D eigenvalue weighted by molar-refractivity contribution is -0.000399. The third-order valence-corrected chi connectivity index (χ3v) is 3.44. The number of likely N-dealkylation sites (tertiary alicyclic amines) is 1. The highest BCUT2D eigenvalue weighted by atomic mass is 16.6. The second kappa shape index (κ2) is 5.44. The monoisotopic (exact) mass is 280 g/mol. The number of hydrogen-bond acceptors (Lipinski definition) is 4. The molecule has 0 radical (unpaired) electrons. The highest BCUT2D eigenvalue weighted by Gasteiger charge is 2.35. The van der Waals surface area contributed by atoms with E-state index in [0.717, 1.165) is 5.56 Å². The lowest BCUT2D eigenvalue weighted by Crippen LogP contribution is -2.52. The van der Waals surface area contributed by atoms with Crippen molar-refractivity contribution in [3.63, 3.8) is 0 Å². The fourth-order valence-electron chi connectivity index (χ4n) is 2.04. The molecular formula is C14H24N4O2. The summed E-state index contributed by atoms with van der Waals surface area (Å²) in [5, 5.41) is 7.56. The second-order valence-corrected chi connectivity index (χ2v) is 6.30. The molecule has 1 aromatic rings. The van der Waals surface area contributed by atoms with Crippen LogP contribution in [0.25, 0.3) is 0 Å². The molecule has 20 heavy (non-hydrogen) atoms. The van der Waals surface area contributed by atoms with E-state index in [1.807, 2.05) is 44.9 Å². The van der Waals surface area contributed by atoms with E-state index in [1.54, 1.807) is 4.90 Å². The van der Waals surface area contributed by atoms with Gasteiger partial charge in [0.2, 0.25) is 0 Å². The molecule has 1 aromatic heterocycles. The predicted octanol–water partition coefficient (Wildman–Crippen LogP) is 1.96. The molecule has 1 aliphatic heterocycles. The number of rotatable bonds is 3. The van der Waals surface area contributed by atoms with E-state index in [9.17, 15) is 4.79 Å². The quantitative estimate of drug-likeness (QED) is 0.919. The fraction of sp³-hybridized carbons (Fsp3) is 0.714. The van der Waals surface area contributed by atoms with Crippen LogP contribution in [0.5, 0.6) is 0 Å². The molecule has 0 aliphatic carbocycles. The van der Waals surface area contributed by atoms with Crippen molar-refractivity contribution in [3.8, 4) is 0 Å². The van der Waals surface area contributed by atoms with Crippen molar-refractivity contribution < 1.29 is 9.53 Å². The number of aromatic nitrogens is 2. The number of ether oxygens (including phenoxy) is 1. The molecule has 1 fully saturated rings. The average molecular weight is 280 g/mol. The molecule has 1 aliphatic rings. The Balaban J connectivity index is 1.87. The first kappa shape index (κ1) is 14.8. The predicted molar refractivity (Wildman–Crippen MR) is 76.5 cm³/mol. The molecule has 1 saturated heterocycles. The minimum absolute atomic E-state index is 0.246. The third-order valence-electron chi connectivity index (χ3n) is 3.44. The van der Waals surface area contributed by atoms with Crippen molar-refractivity contribution in [1.82, 2.24) is 20.0 Å². The highest BCUT2D eigenvalue weighted by Crippen LogP contribution is 2.24. The van der Waals surface area contributed by atoms with Crippen molar-refractivity contribution in [2.24, 2.45) is 0 Å². The minimum Gasteiger partial charge on any atom is -0.444 e. The summed E-state index contributed by atoms with van der Waals surface area (Å²) in [5.41, 5.74) is 0.715. The van der Waals surface area contributed by atoms with E-state index in [-0.39, 0.29) is 18.2 Å². The van der Waals surface area contributed by atoms with Gasteiger partial charge < -0.3 is 15.0 Å². The highest BCUT2D eigenvalue weighted by molar-refractivity contribution is 5.69. The minimum atomic E-state index is -0.441. The van der Waals surface area contributed by atoms with Crippen LogP contribution in [0.1, 0.15) is 45.3 Å². The second-order valence-electron chi connectivity index (χ2n) is 6.30. The van der Waals surface area contributed by atoms with Crippen LogP contribution in [0.15, 0.2) is 12.4 Å². The summed E-state index contributed by atoms with van der Waals surface area (Å²) in [4.78, 5) is 13.5. The summed E-state index contributed by atoms with van der Waals surface area (Å²) in [6, 6.07) is 0.533. The molecule has 2 heterocycles. The lowest BCUT2D eigenvalue weighted by atomic mass is 10.1. The van der Waals surface area contributed by atoms with Gasteiger partial charge in [0.05, 0.1) is 12.2 Å². The van der Waals surface area contributed by atoms with Crippen LogP contribution in [-0.2, 0) is 4.74 Å². The first-order valence-corrected chi connectivity index (χ1v) is 6.99. The Hall–Kier alpha value is -1.56. The largest absolute Gasteiger partial charge is 0.444 e. The Morgan fingerprint density at radius 1 is 1.50 bits per heavy atom. The van der Waals surface area contributed by atoms with Crippen LogP contribution in [0.2, 0.25) is 0 Å². The topological polar surface area (TPSA) is 59.4 Å². The van der Waals surface area contributed by atoms with Crippen molar-refractivity contribution in [3.05, 3.63) is 18.0 Å². The Bertz CT molecular complexity index is 472. The van der Waals surface area contributed by atoms with Crippen molar-refractivity contribution >= 4 is 6.09 Å². The van der Waals surface area contributed by atoms with Gasteiger partial charge in [0, 0.05) is 30.9 Å². The van der Waals surface area contributed by atoms with Gasteiger partial charge in [-0.2, -0.15) is 5.10 Å². The molecule has 0 bridgehead atoms. The maximum absolute atomic E-state index is 11.8. The standard InChI is InChI=1S/C14H24N4O2/c1-10(15-5)11-6-16-18(7-11)12-8-17(9-12)13(19)20-14(2,3)4/h6-7,10,12,15H,8-9H2,1-5H3. The van der Waals surface area contributed by atoms with Gasteiger partial charge >= 0.3 is 6.09 Å². The number of carbonyl (C=O) groups is 1. The zero-order chi connectivity index (χ0) is 14.9. The summed E-state index contributed by atoms with van der Waals surface area (Å²) in [6.07, 6.45) is 3.67. The molecule has 0 spiro atoms. The van der Waals surface area contributed by atoms with E-state index in [1.165, 1.54) is 0 Å². The molecule has 1 atom stereocenters. The van der Waals surface area contributed by atoms with Crippen LogP contribution in [-0.4, -0.2) is 46.5 Å². The smallest absolute Gasteiger partial charge is 0.410 e. The average Bonchev–Trinajstić information content (AvgIpc) is 2.72. The van der Waals surface area contributed by atoms with Gasteiger partial charge in [-0.1, -0.05) is 0 Å². The van der Waals surface area contributed by atoms with E-state index >= 15 is 0 Å². The first-order valence-electron chi connectivity index (χ1n) is 6.99. The van der Waals surface area contributed by atoms with Crippen LogP contribution >= 0.6 is 0 Å².